The summed E-state index contributed by atoms with van der Waals surface area (Å²) in [7, 11) is 0. The number of likely N-dealkylation sites (tertiary alicyclic amines) is 1. The van der Waals surface area contributed by atoms with E-state index in [1.807, 2.05) is 0 Å². The van der Waals surface area contributed by atoms with Gasteiger partial charge < -0.3 is 0 Å². The van der Waals surface area contributed by atoms with Crippen LogP contribution in [0.25, 0.3) is 0 Å². The zero-order chi connectivity index (χ0) is 11.4. The van der Waals surface area contributed by atoms with Crippen molar-refractivity contribution in [2.75, 3.05) is 13.1 Å². The van der Waals surface area contributed by atoms with Crippen molar-refractivity contribution >= 4 is 0 Å². The Balaban J connectivity index is 1.81. The molecule has 0 N–H and O–H groups in total. The van der Waals surface area contributed by atoms with E-state index in [-0.39, 0.29) is 0 Å². The Bertz CT molecular complexity index is 304. The van der Waals surface area contributed by atoms with Crippen molar-refractivity contribution < 1.29 is 0 Å². The SMILES string of the molecule is CC(C)C[C@@H]1CCN(Cc2ccccc2)C1. The van der Waals surface area contributed by atoms with E-state index < -0.39 is 0 Å². The molecule has 1 aliphatic rings. The Kier molecular flexibility index (Phi) is 4.00. The molecule has 1 aliphatic heterocycles. The molecule has 1 saturated heterocycles. The highest BCUT2D eigenvalue weighted by Gasteiger charge is 2.22. The van der Waals surface area contributed by atoms with Gasteiger partial charge in [0, 0.05) is 13.1 Å². The molecule has 16 heavy (non-hydrogen) atoms. The normalized spacial score (nSPS) is 21.8. The predicted octanol–water partition coefficient (Wildman–Crippen LogP) is 3.55. The van der Waals surface area contributed by atoms with Gasteiger partial charge in [0.2, 0.25) is 0 Å². The maximum absolute atomic E-state index is 2.60. The quantitative estimate of drug-likeness (QED) is 0.745. The van der Waals surface area contributed by atoms with Crippen molar-refractivity contribution in [3.63, 3.8) is 0 Å². The fourth-order valence-corrected chi connectivity index (χ4v) is 2.76. The molecule has 1 nitrogen and oxygen atoms in total. The van der Waals surface area contributed by atoms with Gasteiger partial charge in [-0.05, 0) is 36.8 Å². The lowest BCUT2D eigenvalue weighted by Gasteiger charge is -2.16. The first kappa shape index (κ1) is 11.7. The van der Waals surface area contributed by atoms with Gasteiger partial charge in [0.1, 0.15) is 0 Å². The first-order chi connectivity index (χ1) is 7.74. The molecule has 1 fully saturated rings. The van der Waals surface area contributed by atoms with Crippen LogP contribution in [0.2, 0.25) is 0 Å². The number of nitrogens with zero attached hydrogens (tertiary/aromatic N) is 1. The highest BCUT2D eigenvalue weighted by Crippen LogP contribution is 2.24. The van der Waals surface area contributed by atoms with Crippen molar-refractivity contribution in [3.05, 3.63) is 35.9 Å². The molecule has 1 heterocycles. The van der Waals surface area contributed by atoms with Crippen LogP contribution >= 0.6 is 0 Å². The third kappa shape index (κ3) is 3.34. The molecular formula is C15H23N. The standard InChI is InChI=1S/C15H23N/c1-13(2)10-15-8-9-16(12-15)11-14-6-4-3-5-7-14/h3-7,13,15H,8-12H2,1-2H3/t15-/m0/s1. The molecule has 0 aliphatic carbocycles. The van der Waals surface area contributed by atoms with E-state index in [0.717, 1.165) is 18.4 Å². The van der Waals surface area contributed by atoms with Gasteiger partial charge in [-0.1, -0.05) is 44.2 Å². The van der Waals surface area contributed by atoms with Gasteiger partial charge in [0.05, 0.1) is 0 Å². The summed E-state index contributed by atoms with van der Waals surface area (Å²) in [5.41, 5.74) is 1.45. The molecular weight excluding hydrogens is 194 g/mol. The van der Waals surface area contributed by atoms with E-state index >= 15 is 0 Å². The largest absolute Gasteiger partial charge is 0.299 e. The van der Waals surface area contributed by atoms with Crippen LogP contribution in [-0.2, 0) is 6.54 Å². The van der Waals surface area contributed by atoms with Gasteiger partial charge in [0.15, 0.2) is 0 Å². The molecule has 2 rings (SSSR count). The van der Waals surface area contributed by atoms with Gasteiger partial charge in [-0.3, -0.25) is 4.90 Å². The number of rotatable bonds is 4. The molecule has 0 spiro atoms. The first-order valence-electron chi connectivity index (χ1n) is 6.50. The Morgan fingerprint density at radius 2 is 2.00 bits per heavy atom. The van der Waals surface area contributed by atoms with Crippen molar-refractivity contribution in [2.24, 2.45) is 11.8 Å². The zero-order valence-corrected chi connectivity index (χ0v) is 10.5. The fraction of sp³-hybridized carbons (Fsp3) is 0.600. The van der Waals surface area contributed by atoms with Crippen molar-refractivity contribution in [2.45, 2.75) is 33.2 Å². The lowest BCUT2D eigenvalue weighted by atomic mass is 9.97. The minimum absolute atomic E-state index is 0.849. The van der Waals surface area contributed by atoms with Crippen LogP contribution in [-0.4, -0.2) is 18.0 Å². The Morgan fingerprint density at radius 1 is 1.25 bits per heavy atom. The second-order valence-corrected chi connectivity index (χ2v) is 5.50. The van der Waals surface area contributed by atoms with Crippen molar-refractivity contribution in [1.29, 1.82) is 0 Å². The van der Waals surface area contributed by atoms with E-state index in [1.165, 1.54) is 31.5 Å². The molecule has 0 unspecified atom stereocenters. The summed E-state index contributed by atoms with van der Waals surface area (Å²) in [6, 6.07) is 10.8. The van der Waals surface area contributed by atoms with Gasteiger partial charge >= 0.3 is 0 Å². The summed E-state index contributed by atoms with van der Waals surface area (Å²) in [5.74, 6) is 1.78. The van der Waals surface area contributed by atoms with Crippen LogP contribution in [0.5, 0.6) is 0 Å². The summed E-state index contributed by atoms with van der Waals surface area (Å²) in [6.07, 6.45) is 2.79. The van der Waals surface area contributed by atoms with Crippen molar-refractivity contribution in [3.8, 4) is 0 Å². The maximum atomic E-state index is 2.60. The Hall–Kier alpha value is -0.820. The summed E-state index contributed by atoms with van der Waals surface area (Å²) >= 11 is 0. The van der Waals surface area contributed by atoms with E-state index in [9.17, 15) is 0 Å². The smallest absolute Gasteiger partial charge is 0.0233 e. The summed E-state index contributed by atoms with van der Waals surface area (Å²) in [6.45, 7) is 8.38. The van der Waals surface area contributed by atoms with Crippen LogP contribution in [0.4, 0.5) is 0 Å². The summed E-state index contributed by atoms with van der Waals surface area (Å²) in [4.78, 5) is 2.60. The maximum Gasteiger partial charge on any atom is 0.0233 e. The zero-order valence-electron chi connectivity index (χ0n) is 10.5. The lowest BCUT2D eigenvalue weighted by Crippen LogP contribution is -2.20. The van der Waals surface area contributed by atoms with E-state index in [2.05, 4.69) is 49.1 Å². The predicted molar refractivity (Wildman–Crippen MR) is 69.3 cm³/mol. The average molecular weight is 217 g/mol. The topological polar surface area (TPSA) is 3.24 Å². The molecule has 1 heteroatoms. The van der Waals surface area contributed by atoms with Gasteiger partial charge in [-0.15, -0.1) is 0 Å². The molecule has 1 atom stereocenters. The minimum atomic E-state index is 0.849. The highest BCUT2D eigenvalue weighted by molar-refractivity contribution is 5.14. The Labute approximate surface area is 99.5 Å². The second-order valence-electron chi connectivity index (χ2n) is 5.50. The molecule has 88 valence electrons. The Morgan fingerprint density at radius 3 is 2.69 bits per heavy atom. The van der Waals surface area contributed by atoms with E-state index in [4.69, 9.17) is 0 Å². The minimum Gasteiger partial charge on any atom is -0.299 e. The van der Waals surface area contributed by atoms with E-state index in [0.29, 0.717) is 0 Å². The number of benzene rings is 1. The molecule has 0 aromatic heterocycles. The number of hydrogen-bond acceptors (Lipinski definition) is 1. The van der Waals surface area contributed by atoms with Gasteiger partial charge in [0.25, 0.3) is 0 Å². The van der Waals surface area contributed by atoms with Crippen LogP contribution in [0.15, 0.2) is 30.3 Å². The van der Waals surface area contributed by atoms with E-state index in [1.54, 1.807) is 0 Å². The number of hydrogen-bond donors (Lipinski definition) is 0. The third-order valence-corrected chi connectivity index (χ3v) is 3.42. The fourth-order valence-electron chi connectivity index (χ4n) is 2.76. The highest BCUT2D eigenvalue weighted by atomic mass is 15.1. The van der Waals surface area contributed by atoms with Gasteiger partial charge in [-0.2, -0.15) is 0 Å². The molecule has 0 amide bonds. The molecule has 0 radical (unpaired) electrons. The molecule has 1 aromatic rings. The second kappa shape index (κ2) is 5.49. The van der Waals surface area contributed by atoms with Crippen LogP contribution in [0, 0.1) is 11.8 Å². The molecule has 0 saturated carbocycles. The van der Waals surface area contributed by atoms with Crippen LogP contribution < -0.4 is 0 Å². The molecule has 1 aromatic carbocycles. The summed E-state index contributed by atoms with van der Waals surface area (Å²) < 4.78 is 0. The van der Waals surface area contributed by atoms with Crippen LogP contribution in [0.3, 0.4) is 0 Å². The molecule has 0 bridgehead atoms. The first-order valence-corrected chi connectivity index (χ1v) is 6.50. The monoisotopic (exact) mass is 217 g/mol. The van der Waals surface area contributed by atoms with Crippen LogP contribution in [0.1, 0.15) is 32.3 Å². The average Bonchev–Trinajstić information content (AvgIpc) is 2.66. The third-order valence-electron chi connectivity index (χ3n) is 3.42. The summed E-state index contributed by atoms with van der Waals surface area (Å²) in [5, 5.41) is 0. The van der Waals surface area contributed by atoms with Gasteiger partial charge in [-0.25, -0.2) is 0 Å². The lowest BCUT2D eigenvalue weighted by molar-refractivity contribution is 0.305. The van der Waals surface area contributed by atoms with Crippen molar-refractivity contribution in [1.82, 2.24) is 4.90 Å².